The molecule has 5 heteroatoms. The van der Waals surface area contributed by atoms with Gasteiger partial charge in [0.2, 0.25) is 11.8 Å². The molecule has 1 aromatic carbocycles. The van der Waals surface area contributed by atoms with Crippen LogP contribution in [0.25, 0.3) is 0 Å². The van der Waals surface area contributed by atoms with Crippen molar-refractivity contribution in [2.45, 2.75) is 51.4 Å². The number of nitrogens with one attached hydrogen (secondary N) is 2. The summed E-state index contributed by atoms with van der Waals surface area (Å²) in [5, 5.41) is 6.10. The summed E-state index contributed by atoms with van der Waals surface area (Å²) in [6.07, 6.45) is 8.47. The molecule has 0 atom stereocenters. The minimum Gasteiger partial charge on any atom is -0.356 e. The van der Waals surface area contributed by atoms with Crippen LogP contribution in [0.1, 0.15) is 51.4 Å². The van der Waals surface area contributed by atoms with Crippen molar-refractivity contribution in [3.8, 4) is 0 Å². The second-order valence-electron chi connectivity index (χ2n) is 8.59. The molecule has 0 saturated heterocycles. The Balaban J connectivity index is 1.22. The first-order valence-corrected chi connectivity index (χ1v) is 10.9. The van der Waals surface area contributed by atoms with Crippen molar-refractivity contribution >= 4 is 40.1 Å². The maximum absolute atomic E-state index is 12.9. The zero-order chi connectivity index (χ0) is 18.1. The van der Waals surface area contributed by atoms with Gasteiger partial charge in [0.05, 0.1) is 5.69 Å². The molecule has 1 aromatic rings. The van der Waals surface area contributed by atoms with Crippen molar-refractivity contribution in [1.29, 1.82) is 0 Å². The standard InChI is InChI=1S/C21H27IN2O2/c22-17-4-1-2-5-18(17)24-19(25)6-3-7-23-20(26)21-11-14-8-15(12-21)10-16(9-14)13-21/h1-2,4-5,14-16H,3,6-13H2,(H,23,26)(H,24,25). The molecule has 0 radical (unpaired) electrons. The molecule has 4 saturated carbocycles. The van der Waals surface area contributed by atoms with E-state index >= 15 is 0 Å². The third-order valence-electron chi connectivity index (χ3n) is 6.53. The fraction of sp³-hybridized carbons (Fsp3) is 0.619. The van der Waals surface area contributed by atoms with Crippen molar-refractivity contribution in [1.82, 2.24) is 5.32 Å². The lowest BCUT2D eigenvalue weighted by Gasteiger charge is -2.55. The number of carbonyl (C=O) groups excluding carboxylic acids is 2. The summed E-state index contributed by atoms with van der Waals surface area (Å²) in [5.74, 6) is 2.62. The van der Waals surface area contributed by atoms with Gasteiger partial charge in [0, 0.05) is 22.0 Å². The van der Waals surface area contributed by atoms with Gasteiger partial charge in [0.1, 0.15) is 0 Å². The minimum atomic E-state index is -0.0862. The van der Waals surface area contributed by atoms with E-state index in [1.807, 2.05) is 24.3 Å². The molecule has 4 bridgehead atoms. The Labute approximate surface area is 169 Å². The maximum atomic E-state index is 12.9. The SMILES string of the molecule is O=C(CCCNC(=O)C12CC3CC(CC(C3)C1)C2)Nc1ccccc1I. The molecule has 5 rings (SSSR count). The third kappa shape index (κ3) is 3.78. The van der Waals surface area contributed by atoms with Gasteiger partial charge in [0.15, 0.2) is 0 Å². The monoisotopic (exact) mass is 466 g/mol. The van der Waals surface area contributed by atoms with E-state index in [2.05, 4.69) is 33.2 Å². The van der Waals surface area contributed by atoms with Crippen LogP contribution < -0.4 is 10.6 Å². The molecule has 0 heterocycles. The largest absolute Gasteiger partial charge is 0.356 e. The van der Waals surface area contributed by atoms with E-state index in [9.17, 15) is 9.59 Å². The lowest BCUT2D eigenvalue weighted by Crippen LogP contribution is -2.53. The van der Waals surface area contributed by atoms with Gasteiger partial charge in [-0.25, -0.2) is 0 Å². The molecular weight excluding hydrogens is 439 g/mol. The molecule has 4 nitrogen and oxygen atoms in total. The van der Waals surface area contributed by atoms with Gasteiger partial charge < -0.3 is 10.6 Å². The van der Waals surface area contributed by atoms with Gasteiger partial charge in [-0.15, -0.1) is 0 Å². The Bertz CT molecular complexity index is 668. The van der Waals surface area contributed by atoms with Gasteiger partial charge in [-0.2, -0.15) is 0 Å². The first kappa shape index (κ1) is 18.3. The van der Waals surface area contributed by atoms with Gasteiger partial charge in [-0.1, -0.05) is 12.1 Å². The number of amides is 2. The predicted molar refractivity (Wildman–Crippen MR) is 111 cm³/mol. The van der Waals surface area contributed by atoms with Crippen LogP contribution in [0.15, 0.2) is 24.3 Å². The number of carbonyl (C=O) groups is 2. The quantitative estimate of drug-likeness (QED) is 0.484. The molecule has 4 fully saturated rings. The van der Waals surface area contributed by atoms with Gasteiger partial charge >= 0.3 is 0 Å². The molecule has 0 aromatic heterocycles. The van der Waals surface area contributed by atoms with Gasteiger partial charge in [-0.3, -0.25) is 9.59 Å². The molecule has 2 N–H and O–H groups in total. The first-order valence-electron chi connectivity index (χ1n) is 9.87. The fourth-order valence-electron chi connectivity index (χ4n) is 5.80. The van der Waals surface area contributed by atoms with Crippen molar-refractivity contribution in [2.24, 2.45) is 23.2 Å². The molecule has 4 aliphatic carbocycles. The van der Waals surface area contributed by atoms with Crippen molar-refractivity contribution in [2.75, 3.05) is 11.9 Å². The molecule has 0 spiro atoms. The maximum Gasteiger partial charge on any atom is 0.226 e. The van der Waals surface area contributed by atoms with E-state index in [4.69, 9.17) is 0 Å². The molecule has 4 aliphatic rings. The average molecular weight is 466 g/mol. The summed E-state index contributed by atoms with van der Waals surface area (Å²) in [5.41, 5.74) is 0.771. The lowest BCUT2D eigenvalue weighted by atomic mass is 9.49. The molecule has 140 valence electrons. The summed E-state index contributed by atoms with van der Waals surface area (Å²) in [6.45, 7) is 0.597. The van der Waals surface area contributed by atoms with Gasteiger partial charge in [0.25, 0.3) is 0 Å². The highest BCUT2D eigenvalue weighted by Gasteiger charge is 2.54. The number of benzene rings is 1. The van der Waals surface area contributed by atoms with Crippen LogP contribution in [0.4, 0.5) is 5.69 Å². The number of hydrogen-bond acceptors (Lipinski definition) is 2. The Morgan fingerprint density at radius 3 is 2.27 bits per heavy atom. The Hall–Kier alpha value is -1.11. The smallest absolute Gasteiger partial charge is 0.226 e. The molecule has 0 aliphatic heterocycles. The number of hydrogen-bond donors (Lipinski definition) is 2. The molecular formula is C21H27IN2O2. The Kier molecular flexibility index (Phi) is 5.26. The molecule has 2 amide bonds. The van der Waals surface area contributed by atoms with Crippen molar-refractivity contribution in [3.05, 3.63) is 27.8 Å². The average Bonchev–Trinajstić information content (AvgIpc) is 2.59. The summed E-state index contributed by atoms with van der Waals surface area (Å²) >= 11 is 2.22. The minimum absolute atomic E-state index is 0.0122. The van der Waals surface area contributed by atoms with E-state index in [1.54, 1.807) is 0 Å². The molecule has 0 unspecified atom stereocenters. The van der Waals surface area contributed by atoms with E-state index in [-0.39, 0.29) is 17.2 Å². The van der Waals surface area contributed by atoms with Crippen molar-refractivity contribution in [3.63, 3.8) is 0 Å². The van der Waals surface area contributed by atoms with Crippen LogP contribution in [0.2, 0.25) is 0 Å². The van der Waals surface area contributed by atoms with Gasteiger partial charge in [-0.05, 0) is 97.4 Å². The number of para-hydroxylation sites is 1. The Morgan fingerprint density at radius 1 is 1.04 bits per heavy atom. The Morgan fingerprint density at radius 2 is 1.65 bits per heavy atom. The number of anilines is 1. The number of rotatable bonds is 6. The highest BCUT2D eigenvalue weighted by atomic mass is 127. The van der Waals surface area contributed by atoms with Crippen LogP contribution in [-0.4, -0.2) is 18.4 Å². The second kappa shape index (κ2) is 7.49. The van der Waals surface area contributed by atoms with Crippen LogP contribution in [0.5, 0.6) is 0 Å². The summed E-state index contributed by atoms with van der Waals surface area (Å²) in [6, 6.07) is 7.76. The van der Waals surface area contributed by atoms with Crippen LogP contribution in [-0.2, 0) is 9.59 Å². The van der Waals surface area contributed by atoms with Crippen LogP contribution in [0.3, 0.4) is 0 Å². The van der Waals surface area contributed by atoms with Crippen molar-refractivity contribution < 1.29 is 9.59 Å². The van der Waals surface area contributed by atoms with Crippen LogP contribution in [0, 0.1) is 26.7 Å². The van der Waals surface area contributed by atoms with E-state index in [1.165, 1.54) is 19.3 Å². The second-order valence-corrected chi connectivity index (χ2v) is 9.75. The highest BCUT2D eigenvalue weighted by molar-refractivity contribution is 14.1. The fourth-order valence-corrected chi connectivity index (χ4v) is 6.32. The lowest BCUT2D eigenvalue weighted by molar-refractivity contribution is -0.146. The number of halogens is 1. The van der Waals surface area contributed by atoms with E-state index < -0.39 is 0 Å². The zero-order valence-electron chi connectivity index (χ0n) is 15.1. The highest BCUT2D eigenvalue weighted by Crippen LogP contribution is 2.60. The van der Waals surface area contributed by atoms with E-state index in [0.29, 0.717) is 19.4 Å². The zero-order valence-corrected chi connectivity index (χ0v) is 17.3. The summed E-state index contributed by atoms with van der Waals surface area (Å²) in [7, 11) is 0. The third-order valence-corrected chi connectivity index (χ3v) is 7.47. The molecule has 26 heavy (non-hydrogen) atoms. The van der Waals surface area contributed by atoms with E-state index in [0.717, 1.165) is 46.3 Å². The summed E-state index contributed by atoms with van der Waals surface area (Å²) in [4.78, 5) is 25.0. The summed E-state index contributed by atoms with van der Waals surface area (Å²) < 4.78 is 1.04. The predicted octanol–water partition coefficient (Wildman–Crippen LogP) is 4.34. The normalized spacial score (nSPS) is 31.7. The topological polar surface area (TPSA) is 58.2 Å². The van der Waals surface area contributed by atoms with Crippen LogP contribution >= 0.6 is 22.6 Å². The first-order chi connectivity index (χ1) is 12.5.